The maximum atomic E-state index is 11.8. The van der Waals surface area contributed by atoms with Gasteiger partial charge in [-0.05, 0) is 22.6 Å². The van der Waals surface area contributed by atoms with Gasteiger partial charge in [0.15, 0.2) is 5.75 Å². The molecule has 0 radical (unpaired) electrons. The lowest BCUT2D eigenvalue weighted by Crippen LogP contribution is -2.25. The Morgan fingerprint density at radius 3 is 2.60 bits per heavy atom. The molecule has 1 aromatic rings. The smallest absolute Gasteiger partial charge is 0.400 e. The average Bonchev–Trinajstić information content (AvgIpc) is 2.09. The van der Waals surface area contributed by atoms with Crippen LogP contribution in [0.1, 0.15) is 5.56 Å². The van der Waals surface area contributed by atoms with Crippen molar-refractivity contribution in [3.8, 4) is 5.75 Å². The first kappa shape index (κ1) is 12.3. The van der Waals surface area contributed by atoms with Crippen LogP contribution in [0, 0.1) is 3.70 Å². The van der Waals surface area contributed by atoms with E-state index < -0.39 is 17.5 Å². The SMILES string of the molecule is NCc1c(I)[nH]cc(OC(F)(F)F)c1=O. The molecular formula is C7H6F3IN2O2. The van der Waals surface area contributed by atoms with Gasteiger partial charge in [0.05, 0.1) is 3.70 Å². The Hall–Kier alpha value is -0.770. The van der Waals surface area contributed by atoms with Crippen molar-refractivity contribution in [2.45, 2.75) is 12.9 Å². The van der Waals surface area contributed by atoms with Gasteiger partial charge >= 0.3 is 6.36 Å². The van der Waals surface area contributed by atoms with Crippen LogP contribution < -0.4 is 15.9 Å². The first-order chi connectivity index (χ1) is 6.85. The largest absolute Gasteiger partial charge is 0.573 e. The molecule has 84 valence electrons. The van der Waals surface area contributed by atoms with Crippen LogP contribution in [0.5, 0.6) is 5.75 Å². The van der Waals surface area contributed by atoms with Crippen molar-refractivity contribution < 1.29 is 17.9 Å². The zero-order chi connectivity index (χ0) is 11.6. The van der Waals surface area contributed by atoms with Gasteiger partial charge in [-0.15, -0.1) is 13.2 Å². The lowest BCUT2D eigenvalue weighted by molar-refractivity contribution is -0.275. The molecule has 0 bridgehead atoms. The van der Waals surface area contributed by atoms with Crippen LogP contribution in [-0.2, 0) is 6.54 Å². The fraction of sp³-hybridized carbons (Fsp3) is 0.286. The minimum Gasteiger partial charge on any atom is -0.400 e. The van der Waals surface area contributed by atoms with E-state index in [0.29, 0.717) is 3.70 Å². The molecule has 3 N–H and O–H groups in total. The molecule has 0 fully saturated rings. The third-order valence-corrected chi connectivity index (χ3v) is 2.49. The number of nitrogens with two attached hydrogens (primary N) is 1. The van der Waals surface area contributed by atoms with Crippen LogP contribution in [0.2, 0.25) is 0 Å². The Labute approximate surface area is 95.8 Å². The van der Waals surface area contributed by atoms with Crippen molar-refractivity contribution in [1.82, 2.24) is 4.98 Å². The second-order valence-electron chi connectivity index (χ2n) is 2.53. The maximum absolute atomic E-state index is 11.8. The van der Waals surface area contributed by atoms with Gasteiger partial charge in [-0.1, -0.05) is 0 Å². The zero-order valence-corrected chi connectivity index (χ0v) is 9.35. The van der Waals surface area contributed by atoms with Crippen molar-refractivity contribution in [2.75, 3.05) is 0 Å². The highest BCUT2D eigenvalue weighted by molar-refractivity contribution is 14.1. The van der Waals surface area contributed by atoms with Gasteiger partial charge < -0.3 is 15.5 Å². The average molecular weight is 334 g/mol. The number of halogens is 4. The summed E-state index contributed by atoms with van der Waals surface area (Å²) in [5, 5.41) is 0. The van der Waals surface area contributed by atoms with E-state index >= 15 is 0 Å². The molecule has 1 aromatic heterocycles. The molecule has 0 saturated heterocycles. The lowest BCUT2D eigenvalue weighted by atomic mass is 10.2. The summed E-state index contributed by atoms with van der Waals surface area (Å²) in [5.74, 6) is -0.802. The fourth-order valence-electron chi connectivity index (χ4n) is 0.913. The Morgan fingerprint density at radius 2 is 2.13 bits per heavy atom. The monoisotopic (exact) mass is 334 g/mol. The number of pyridine rings is 1. The van der Waals surface area contributed by atoms with E-state index in [2.05, 4.69) is 9.72 Å². The number of rotatable bonds is 2. The summed E-state index contributed by atoms with van der Waals surface area (Å²) >= 11 is 1.77. The molecule has 0 saturated carbocycles. The highest BCUT2D eigenvalue weighted by Gasteiger charge is 2.32. The summed E-state index contributed by atoms with van der Waals surface area (Å²) < 4.78 is 39.5. The van der Waals surface area contributed by atoms with Crippen molar-refractivity contribution >= 4 is 22.6 Å². The number of hydrogen-bond donors (Lipinski definition) is 2. The number of aromatic amines is 1. The molecule has 0 aliphatic rings. The normalized spacial score (nSPS) is 11.5. The van der Waals surface area contributed by atoms with Crippen molar-refractivity contribution in [3.05, 3.63) is 25.7 Å². The lowest BCUT2D eigenvalue weighted by Gasteiger charge is -2.09. The molecule has 1 rings (SSSR count). The van der Waals surface area contributed by atoms with Gasteiger partial charge in [0.2, 0.25) is 5.43 Å². The van der Waals surface area contributed by atoms with Crippen molar-refractivity contribution in [2.24, 2.45) is 5.73 Å². The minimum atomic E-state index is -4.88. The van der Waals surface area contributed by atoms with E-state index in [9.17, 15) is 18.0 Å². The number of ether oxygens (including phenoxy) is 1. The highest BCUT2D eigenvalue weighted by atomic mass is 127. The van der Waals surface area contributed by atoms with E-state index in [-0.39, 0.29) is 12.1 Å². The third kappa shape index (κ3) is 3.09. The minimum absolute atomic E-state index is 0.0670. The second kappa shape index (κ2) is 4.39. The second-order valence-corrected chi connectivity index (χ2v) is 3.61. The standard InChI is InChI=1S/C7H6F3IN2O2/c8-7(9,10)15-4-2-13-6(11)3(1-12)5(4)14/h2H,1,12H2,(H,13,14). The summed E-state index contributed by atoms with van der Waals surface area (Å²) in [7, 11) is 0. The number of nitrogens with one attached hydrogen (secondary N) is 1. The fourth-order valence-corrected chi connectivity index (χ4v) is 1.53. The predicted molar refractivity (Wildman–Crippen MR) is 54.4 cm³/mol. The Balaban J connectivity index is 3.17. The van der Waals surface area contributed by atoms with Crippen LogP contribution in [0.15, 0.2) is 11.0 Å². The molecule has 0 amide bonds. The van der Waals surface area contributed by atoms with Crippen LogP contribution in [-0.4, -0.2) is 11.3 Å². The Bertz CT molecular complexity index is 416. The number of aromatic nitrogens is 1. The molecule has 0 spiro atoms. The predicted octanol–water partition coefficient (Wildman–Crippen LogP) is 1.34. The van der Waals surface area contributed by atoms with Gasteiger partial charge in [-0.2, -0.15) is 0 Å². The van der Waals surface area contributed by atoms with Crippen LogP contribution in [0.4, 0.5) is 13.2 Å². The van der Waals surface area contributed by atoms with Crippen LogP contribution >= 0.6 is 22.6 Å². The number of hydrogen-bond acceptors (Lipinski definition) is 3. The highest BCUT2D eigenvalue weighted by Crippen LogP contribution is 2.20. The van der Waals surface area contributed by atoms with Gasteiger partial charge in [-0.25, -0.2) is 0 Å². The molecule has 4 nitrogen and oxygen atoms in total. The van der Waals surface area contributed by atoms with Crippen molar-refractivity contribution in [3.63, 3.8) is 0 Å². The van der Waals surface area contributed by atoms with E-state index in [1.54, 1.807) is 22.6 Å². The van der Waals surface area contributed by atoms with E-state index in [4.69, 9.17) is 5.73 Å². The maximum Gasteiger partial charge on any atom is 0.573 e. The summed E-state index contributed by atoms with van der Waals surface area (Å²) in [4.78, 5) is 13.8. The topological polar surface area (TPSA) is 68.1 Å². The van der Waals surface area contributed by atoms with E-state index in [0.717, 1.165) is 6.20 Å². The molecule has 0 unspecified atom stereocenters. The van der Waals surface area contributed by atoms with Gasteiger partial charge in [0.1, 0.15) is 0 Å². The first-order valence-corrected chi connectivity index (χ1v) is 4.79. The molecule has 0 atom stereocenters. The van der Waals surface area contributed by atoms with E-state index in [1.807, 2.05) is 0 Å². The van der Waals surface area contributed by atoms with Crippen LogP contribution in [0.25, 0.3) is 0 Å². The molecule has 0 aliphatic carbocycles. The summed E-state index contributed by atoms with van der Waals surface area (Å²) in [6.07, 6.45) is -4.03. The van der Waals surface area contributed by atoms with Crippen molar-refractivity contribution in [1.29, 1.82) is 0 Å². The molecular weight excluding hydrogens is 328 g/mol. The molecule has 8 heteroatoms. The van der Waals surface area contributed by atoms with Gasteiger partial charge in [0, 0.05) is 18.3 Å². The van der Waals surface area contributed by atoms with E-state index in [1.165, 1.54) is 0 Å². The van der Waals surface area contributed by atoms with Gasteiger partial charge in [-0.3, -0.25) is 4.79 Å². The molecule has 15 heavy (non-hydrogen) atoms. The van der Waals surface area contributed by atoms with Crippen LogP contribution in [0.3, 0.4) is 0 Å². The summed E-state index contributed by atoms with van der Waals surface area (Å²) in [5.41, 5.74) is 4.44. The summed E-state index contributed by atoms with van der Waals surface area (Å²) in [6.45, 7) is -0.150. The summed E-state index contributed by atoms with van der Waals surface area (Å²) in [6, 6.07) is 0. The Morgan fingerprint density at radius 1 is 1.53 bits per heavy atom. The molecule has 0 aliphatic heterocycles. The third-order valence-electron chi connectivity index (χ3n) is 1.52. The number of H-pyrrole nitrogens is 1. The molecule has 1 heterocycles. The van der Waals surface area contributed by atoms with Gasteiger partial charge in [0.25, 0.3) is 0 Å². The quantitative estimate of drug-likeness (QED) is 0.634. The zero-order valence-electron chi connectivity index (χ0n) is 7.19. The number of alkyl halides is 3. The Kier molecular flexibility index (Phi) is 3.60. The molecule has 0 aromatic carbocycles. The first-order valence-electron chi connectivity index (χ1n) is 3.71.